The average Bonchev–Trinajstić information content (AvgIpc) is 3.70. The number of ether oxygens (including phenoxy) is 2. The number of halogens is 2. The van der Waals surface area contributed by atoms with Gasteiger partial charge in [0, 0.05) is 52.6 Å². The van der Waals surface area contributed by atoms with Gasteiger partial charge in [-0.15, -0.1) is 5.10 Å². The number of unbranched alkanes of at least 4 members (excludes halogenated alkanes) is 1. The maximum absolute atomic E-state index is 14.2. The second kappa shape index (κ2) is 15.9. The summed E-state index contributed by atoms with van der Waals surface area (Å²) in [5, 5.41) is 8.49. The predicted molar refractivity (Wildman–Crippen MR) is 190 cm³/mol. The van der Waals surface area contributed by atoms with Crippen molar-refractivity contribution in [1.29, 1.82) is 0 Å². The predicted octanol–water partition coefficient (Wildman–Crippen LogP) is 6.50. The molecule has 2 fully saturated rings. The summed E-state index contributed by atoms with van der Waals surface area (Å²) >= 11 is 7.45. The van der Waals surface area contributed by atoms with Crippen molar-refractivity contribution in [2.24, 2.45) is 5.73 Å². The van der Waals surface area contributed by atoms with Gasteiger partial charge in [0.25, 0.3) is 0 Å². The number of nitrogens with two attached hydrogens (primary N) is 1. The van der Waals surface area contributed by atoms with E-state index < -0.39 is 0 Å². The first kappa shape index (κ1) is 34.4. The van der Waals surface area contributed by atoms with Crippen molar-refractivity contribution in [3.8, 4) is 17.3 Å². The third kappa shape index (κ3) is 8.45. The van der Waals surface area contributed by atoms with Gasteiger partial charge in [0.05, 0.1) is 30.2 Å². The summed E-state index contributed by atoms with van der Waals surface area (Å²) in [4.78, 5) is 28.0. The van der Waals surface area contributed by atoms with Gasteiger partial charge in [-0.2, -0.15) is 0 Å². The van der Waals surface area contributed by atoms with Crippen LogP contribution in [0.4, 0.5) is 4.39 Å². The van der Waals surface area contributed by atoms with E-state index in [9.17, 15) is 9.18 Å². The van der Waals surface area contributed by atoms with Gasteiger partial charge in [-0.05, 0) is 81.6 Å². The van der Waals surface area contributed by atoms with E-state index in [0.29, 0.717) is 39.8 Å². The summed E-state index contributed by atoms with van der Waals surface area (Å²) in [6.07, 6.45) is 5.23. The van der Waals surface area contributed by atoms with Gasteiger partial charge in [0.15, 0.2) is 5.82 Å². The van der Waals surface area contributed by atoms with Crippen LogP contribution in [0.3, 0.4) is 0 Å². The Morgan fingerprint density at radius 3 is 2.72 bits per heavy atom. The number of hydrogen-bond acceptors (Lipinski definition) is 9. The Morgan fingerprint density at radius 2 is 1.94 bits per heavy atom. The van der Waals surface area contributed by atoms with Gasteiger partial charge in [0.1, 0.15) is 18.2 Å². The third-order valence-electron chi connectivity index (χ3n) is 9.30. The first-order chi connectivity index (χ1) is 24.4. The zero-order valence-corrected chi connectivity index (χ0v) is 29.3. The highest BCUT2D eigenvalue weighted by molar-refractivity contribution is 7.99. The largest absolute Gasteiger partial charge is 0.473 e. The number of carbonyl (C=O) groups is 1. The number of likely N-dealkylation sites (tertiary alicyclic amines) is 1. The molecule has 3 aromatic heterocycles. The number of benzene rings is 2. The lowest BCUT2D eigenvalue weighted by atomic mass is 9.93. The highest BCUT2D eigenvalue weighted by atomic mass is 35.5. The van der Waals surface area contributed by atoms with Crippen LogP contribution < -0.4 is 10.5 Å². The molecule has 3 N–H and O–H groups in total. The number of piperidine rings is 1. The van der Waals surface area contributed by atoms with Crippen LogP contribution in [-0.2, 0) is 29.2 Å². The lowest BCUT2D eigenvalue weighted by Gasteiger charge is -2.32. The van der Waals surface area contributed by atoms with Crippen LogP contribution in [0.15, 0.2) is 59.8 Å². The molecular formula is C36H40ClFN8O3S. The number of amides is 1. The van der Waals surface area contributed by atoms with Crippen molar-refractivity contribution in [1.82, 2.24) is 34.6 Å². The topological polar surface area (TPSA) is 137 Å². The summed E-state index contributed by atoms with van der Waals surface area (Å²) in [6, 6.07) is 16.7. The SMILES string of the molecule is NC(=O)CCCCSc1n[nH]c(-c2ccc3c(c2)nc(CN2CCC(c4cccc(OCc5ccc(Cl)cc5F)n4)CC2)n3C[C@@H]2CCO2)n1. The molecule has 2 aliphatic heterocycles. The molecule has 1 atom stereocenters. The molecule has 7 rings (SSSR count). The molecule has 0 radical (unpaired) electrons. The molecule has 1 amide bonds. The number of hydrogen-bond donors (Lipinski definition) is 2. The Morgan fingerprint density at radius 1 is 1.08 bits per heavy atom. The van der Waals surface area contributed by atoms with Crippen LogP contribution in [-0.4, -0.2) is 72.1 Å². The van der Waals surface area contributed by atoms with Gasteiger partial charge < -0.3 is 19.8 Å². The number of pyridine rings is 1. The number of thioether (sulfide) groups is 1. The molecule has 0 unspecified atom stereocenters. The number of carbonyl (C=O) groups excluding carboxylic acids is 1. The zero-order chi connectivity index (χ0) is 34.5. The molecule has 14 heteroatoms. The van der Waals surface area contributed by atoms with Crippen molar-refractivity contribution in [2.75, 3.05) is 25.4 Å². The first-order valence-corrected chi connectivity index (χ1v) is 18.4. The summed E-state index contributed by atoms with van der Waals surface area (Å²) in [7, 11) is 0. The Labute approximate surface area is 299 Å². The number of primary amides is 1. The highest BCUT2D eigenvalue weighted by Crippen LogP contribution is 2.31. The number of nitrogens with one attached hydrogen (secondary N) is 1. The Bertz CT molecular complexity index is 1940. The van der Waals surface area contributed by atoms with Crippen molar-refractivity contribution < 1.29 is 18.7 Å². The van der Waals surface area contributed by atoms with Crippen LogP contribution in [0, 0.1) is 5.82 Å². The van der Waals surface area contributed by atoms with E-state index in [1.54, 1.807) is 23.9 Å². The van der Waals surface area contributed by atoms with Crippen LogP contribution in [0.25, 0.3) is 22.4 Å². The molecule has 50 heavy (non-hydrogen) atoms. The van der Waals surface area contributed by atoms with Gasteiger partial charge in [0.2, 0.25) is 16.9 Å². The van der Waals surface area contributed by atoms with E-state index >= 15 is 0 Å². The summed E-state index contributed by atoms with van der Waals surface area (Å²) < 4.78 is 28.2. The number of imidazole rings is 1. The van der Waals surface area contributed by atoms with E-state index in [4.69, 9.17) is 41.8 Å². The molecular weight excluding hydrogens is 679 g/mol. The number of aromatic nitrogens is 6. The minimum atomic E-state index is -0.388. The van der Waals surface area contributed by atoms with E-state index in [2.05, 4.69) is 43.9 Å². The molecule has 0 aliphatic carbocycles. The van der Waals surface area contributed by atoms with E-state index in [-0.39, 0.29) is 24.4 Å². The monoisotopic (exact) mass is 718 g/mol. The standard InChI is InChI=1S/C36H40ClFN8O3S/c37-26-9-7-25(28(38)19-26)22-49-34-6-3-4-29(41-34)23-11-14-45(15-12-23)21-33-40-30-18-24(8-10-31(30)46(33)20-27-13-16-48-27)35-42-36(44-43-35)50-17-2-1-5-32(39)47/h3-4,6-10,18-19,23,27H,1-2,5,11-17,20-22H2,(H2,39,47)(H,42,43,44)/t27-/m0/s1. The summed E-state index contributed by atoms with van der Waals surface area (Å²) in [6.45, 7) is 4.25. The Hall–Kier alpha value is -4.04. The van der Waals surface area contributed by atoms with Crippen molar-refractivity contribution in [2.45, 2.75) is 75.4 Å². The van der Waals surface area contributed by atoms with Crippen LogP contribution >= 0.6 is 23.4 Å². The van der Waals surface area contributed by atoms with Crippen LogP contribution in [0.1, 0.15) is 61.5 Å². The number of nitrogens with zero attached hydrogens (tertiary/aromatic N) is 6. The smallest absolute Gasteiger partial charge is 0.217 e. The molecule has 5 aromatic rings. The van der Waals surface area contributed by atoms with Gasteiger partial charge in [-0.25, -0.2) is 19.3 Å². The zero-order valence-electron chi connectivity index (χ0n) is 27.7. The number of rotatable bonds is 15. The maximum Gasteiger partial charge on any atom is 0.217 e. The molecule has 0 spiro atoms. The molecule has 5 heterocycles. The first-order valence-electron chi connectivity index (χ1n) is 17.1. The summed E-state index contributed by atoms with van der Waals surface area (Å²) in [5.41, 5.74) is 9.60. The summed E-state index contributed by atoms with van der Waals surface area (Å²) in [5.74, 6) is 2.69. The van der Waals surface area contributed by atoms with Crippen molar-refractivity contribution >= 4 is 40.3 Å². The van der Waals surface area contributed by atoms with Gasteiger partial charge in [-0.1, -0.05) is 35.5 Å². The van der Waals surface area contributed by atoms with E-state index in [1.165, 1.54) is 6.07 Å². The Balaban J connectivity index is 0.987. The molecule has 2 saturated heterocycles. The lowest BCUT2D eigenvalue weighted by Crippen LogP contribution is -2.35. The second-order valence-corrected chi connectivity index (χ2v) is 14.3. The van der Waals surface area contributed by atoms with Gasteiger partial charge >= 0.3 is 0 Å². The maximum atomic E-state index is 14.2. The van der Waals surface area contributed by atoms with Crippen LogP contribution in [0.5, 0.6) is 5.88 Å². The number of fused-ring (bicyclic) bond motifs is 1. The molecule has 0 bridgehead atoms. The normalized spacial score (nSPS) is 16.9. The number of aromatic amines is 1. The third-order valence-corrected chi connectivity index (χ3v) is 10.5. The van der Waals surface area contributed by atoms with Gasteiger partial charge in [-0.3, -0.25) is 14.8 Å². The minimum absolute atomic E-state index is 0.0889. The van der Waals surface area contributed by atoms with E-state index in [1.807, 2.05) is 12.1 Å². The minimum Gasteiger partial charge on any atom is -0.473 e. The van der Waals surface area contributed by atoms with Crippen molar-refractivity contribution in [3.05, 3.63) is 82.5 Å². The van der Waals surface area contributed by atoms with E-state index in [0.717, 1.165) is 98.8 Å². The number of H-pyrrole nitrogens is 1. The van der Waals surface area contributed by atoms with Crippen LogP contribution in [0.2, 0.25) is 5.02 Å². The van der Waals surface area contributed by atoms with Crippen molar-refractivity contribution in [3.63, 3.8) is 0 Å². The fourth-order valence-corrected chi connectivity index (χ4v) is 7.36. The fraction of sp³-hybridized carbons (Fsp3) is 0.417. The molecule has 0 saturated carbocycles. The Kier molecular flexibility index (Phi) is 10.9. The molecule has 2 aromatic carbocycles. The highest BCUT2D eigenvalue weighted by Gasteiger charge is 2.26. The molecule has 262 valence electrons. The lowest BCUT2D eigenvalue weighted by molar-refractivity contribution is -0.118. The second-order valence-electron chi connectivity index (χ2n) is 12.8. The fourth-order valence-electron chi connectivity index (χ4n) is 6.40. The molecule has 2 aliphatic rings. The quantitative estimate of drug-likeness (QED) is 0.0918. The molecule has 11 nitrogen and oxygen atoms in total. The average molecular weight is 719 g/mol.